The third-order valence-electron chi connectivity index (χ3n) is 3.28. The predicted octanol–water partition coefficient (Wildman–Crippen LogP) is 2.84. The second kappa shape index (κ2) is 4.49. The number of fused-ring (bicyclic) bond motifs is 1. The van der Waals surface area contributed by atoms with E-state index in [0.717, 1.165) is 29.2 Å². The molecule has 3 rings (SSSR count). The van der Waals surface area contributed by atoms with Crippen LogP contribution in [0.25, 0.3) is 10.2 Å². The minimum Gasteiger partial charge on any atom is -0.477 e. The van der Waals surface area contributed by atoms with Gasteiger partial charge in [-0.15, -0.1) is 11.3 Å². The zero-order valence-electron chi connectivity index (χ0n) is 9.56. The second-order valence-corrected chi connectivity index (χ2v) is 5.37. The van der Waals surface area contributed by atoms with Crippen LogP contribution in [0.3, 0.4) is 0 Å². The topological polar surface area (TPSA) is 61.0 Å². The summed E-state index contributed by atoms with van der Waals surface area (Å²) in [6.45, 7) is 0.730. The lowest BCUT2D eigenvalue weighted by molar-refractivity contribution is 0.219. The molecule has 17 heavy (non-hydrogen) atoms. The molecule has 90 valence electrons. The van der Waals surface area contributed by atoms with Gasteiger partial charge < -0.3 is 10.5 Å². The smallest absolute Gasteiger partial charge is 0.236 e. The van der Waals surface area contributed by atoms with E-state index in [0.29, 0.717) is 5.88 Å². The van der Waals surface area contributed by atoms with Crippen LogP contribution in [-0.2, 0) is 0 Å². The Kier molecular flexibility index (Phi) is 2.84. The van der Waals surface area contributed by atoms with Crippen molar-refractivity contribution in [3.8, 4) is 5.88 Å². The fraction of sp³-hybridized carbons (Fsp3) is 0.500. The molecule has 2 heterocycles. The Balaban J connectivity index is 1.72. The van der Waals surface area contributed by atoms with Crippen molar-refractivity contribution < 1.29 is 4.74 Å². The first-order chi connectivity index (χ1) is 8.33. The van der Waals surface area contributed by atoms with Crippen LogP contribution < -0.4 is 10.5 Å². The SMILES string of the molecule is Nc1nc(OCCC2CCC2)c2sccc2n1. The van der Waals surface area contributed by atoms with Crippen molar-refractivity contribution in [3.05, 3.63) is 11.4 Å². The second-order valence-electron chi connectivity index (χ2n) is 4.46. The van der Waals surface area contributed by atoms with Crippen molar-refractivity contribution in [2.75, 3.05) is 12.3 Å². The van der Waals surface area contributed by atoms with Gasteiger partial charge in [-0.05, 0) is 23.8 Å². The Morgan fingerprint density at radius 3 is 3.06 bits per heavy atom. The summed E-state index contributed by atoms with van der Waals surface area (Å²) in [7, 11) is 0. The number of nitrogen functional groups attached to an aromatic ring is 1. The number of ether oxygens (including phenoxy) is 1. The quantitative estimate of drug-likeness (QED) is 0.905. The van der Waals surface area contributed by atoms with Gasteiger partial charge in [-0.1, -0.05) is 19.3 Å². The first kappa shape index (κ1) is 10.8. The number of nitrogens with zero attached hydrogens (tertiary/aromatic N) is 2. The molecule has 0 amide bonds. The summed E-state index contributed by atoms with van der Waals surface area (Å²) in [6, 6.07) is 1.94. The van der Waals surface area contributed by atoms with Gasteiger partial charge >= 0.3 is 0 Å². The number of aromatic nitrogens is 2. The fourth-order valence-corrected chi connectivity index (χ4v) is 2.83. The number of anilines is 1. The number of hydrogen-bond donors (Lipinski definition) is 1. The van der Waals surface area contributed by atoms with E-state index in [9.17, 15) is 0 Å². The largest absolute Gasteiger partial charge is 0.477 e. The zero-order valence-corrected chi connectivity index (χ0v) is 10.4. The maximum absolute atomic E-state index is 5.74. The average molecular weight is 249 g/mol. The summed E-state index contributed by atoms with van der Waals surface area (Å²) in [6.07, 6.45) is 5.20. The summed E-state index contributed by atoms with van der Waals surface area (Å²) < 4.78 is 6.74. The van der Waals surface area contributed by atoms with Gasteiger partial charge in [0, 0.05) is 0 Å². The van der Waals surface area contributed by atoms with Crippen LogP contribution in [-0.4, -0.2) is 16.6 Å². The van der Waals surface area contributed by atoms with E-state index in [2.05, 4.69) is 9.97 Å². The lowest BCUT2D eigenvalue weighted by Crippen LogP contribution is -2.15. The molecule has 2 aromatic heterocycles. The van der Waals surface area contributed by atoms with E-state index in [1.54, 1.807) is 11.3 Å². The number of rotatable bonds is 4. The summed E-state index contributed by atoms with van der Waals surface area (Å²) in [5.74, 6) is 1.78. The Morgan fingerprint density at radius 1 is 1.41 bits per heavy atom. The van der Waals surface area contributed by atoms with Gasteiger partial charge in [0.15, 0.2) is 0 Å². The van der Waals surface area contributed by atoms with E-state index in [1.807, 2.05) is 11.4 Å². The van der Waals surface area contributed by atoms with Gasteiger partial charge in [-0.25, -0.2) is 4.98 Å². The molecule has 2 N–H and O–H groups in total. The standard InChI is InChI=1S/C12H15N3OS/c13-12-14-9-5-7-17-10(9)11(15-12)16-6-4-8-2-1-3-8/h5,7-8H,1-4,6H2,(H2,13,14,15). The maximum atomic E-state index is 5.74. The molecule has 1 saturated carbocycles. The highest BCUT2D eigenvalue weighted by molar-refractivity contribution is 7.17. The monoisotopic (exact) mass is 249 g/mol. The molecule has 4 nitrogen and oxygen atoms in total. The molecule has 1 aliphatic rings. The van der Waals surface area contributed by atoms with E-state index in [-0.39, 0.29) is 5.95 Å². The molecule has 5 heteroatoms. The third-order valence-corrected chi connectivity index (χ3v) is 4.17. The summed E-state index contributed by atoms with van der Waals surface area (Å²) in [5, 5.41) is 1.98. The Bertz CT molecular complexity index is 521. The zero-order chi connectivity index (χ0) is 11.7. The van der Waals surface area contributed by atoms with Crippen LogP contribution in [0.5, 0.6) is 5.88 Å². The Labute approximate surface area is 104 Å². The minimum atomic E-state index is 0.287. The van der Waals surface area contributed by atoms with Crippen LogP contribution >= 0.6 is 11.3 Å². The molecule has 1 aliphatic carbocycles. The fourth-order valence-electron chi connectivity index (χ4n) is 2.06. The molecule has 1 fully saturated rings. The number of hydrogen-bond acceptors (Lipinski definition) is 5. The first-order valence-corrected chi connectivity index (χ1v) is 6.84. The molecular formula is C12H15N3OS. The number of nitrogens with two attached hydrogens (primary N) is 1. The van der Waals surface area contributed by atoms with Crippen LogP contribution in [0.4, 0.5) is 5.95 Å². The normalized spacial score (nSPS) is 16.0. The summed E-state index contributed by atoms with van der Waals surface area (Å²) in [5.41, 5.74) is 6.53. The number of thiophene rings is 1. The summed E-state index contributed by atoms with van der Waals surface area (Å²) >= 11 is 1.60. The first-order valence-electron chi connectivity index (χ1n) is 5.96. The van der Waals surface area contributed by atoms with Gasteiger partial charge in [0.25, 0.3) is 0 Å². The highest BCUT2D eigenvalue weighted by atomic mass is 32.1. The van der Waals surface area contributed by atoms with E-state index in [4.69, 9.17) is 10.5 Å². The van der Waals surface area contributed by atoms with Crippen LogP contribution in [0.15, 0.2) is 11.4 Å². The molecule has 0 atom stereocenters. The van der Waals surface area contributed by atoms with Gasteiger partial charge in [0.05, 0.1) is 12.1 Å². The molecular weight excluding hydrogens is 234 g/mol. The van der Waals surface area contributed by atoms with Crippen LogP contribution in [0.2, 0.25) is 0 Å². The summed E-state index contributed by atoms with van der Waals surface area (Å²) in [4.78, 5) is 8.33. The highest BCUT2D eigenvalue weighted by Crippen LogP contribution is 2.31. The van der Waals surface area contributed by atoms with E-state index in [1.165, 1.54) is 19.3 Å². The van der Waals surface area contributed by atoms with Crippen molar-refractivity contribution in [1.82, 2.24) is 9.97 Å². The van der Waals surface area contributed by atoms with Crippen LogP contribution in [0.1, 0.15) is 25.7 Å². The molecule has 2 aromatic rings. The predicted molar refractivity (Wildman–Crippen MR) is 69.3 cm³/mol. The molecule has 0 bridgehead atoms. The van der Waals surface area contributed by atoms with Gasteiger partial charge in [0.2, 0.25) is 11.8 Å². The van der Waals surface area contributed by atoms with Gasteiger partial charge in [-0.2, -0.15) is 4.98 Å². The van der Waals surface area contributed by atoms with Crippen molar-refractivity contribution in [1.29, 1.82) is 0 Å². The molecule has 0 aromatic carbocycles. The third kappa shape index (κ3) is 2.20. The lowest BCUT2D eigenvalue weighted by atomic mass is 9.83. The van der Waals surface area contributed by atoms with Crippen molar-refractivity contribution in [2.24, 2.45) is 5.92 Å². The molecule has 0 saturated heterocycles. The van der Waals surface area contributed by atoms with Gasteiger partial charge in [-0.3, -0.25) is 0 Å². The lowest BCUT2D eigenvalue weighted by Gasteiger charge is -2.24. The van der Waals surface area contributed by atoms with Gasteiger partial charge in [0.1, 0.15) is 4.70 Å². The van der Waals surface area contributed by atoms with E-state index < -0.39 is 0 Å². The highest BCUT2D eigenvalue weighted by Gasteiger charge is 2.17. The maximum Gasteiger partial charge on any atom is 0.236 e. The molecule has 0 spiro atoms. The Hall–Kier alpha value is -1.36. The molecule has 0 aliphatic heterocycles. The molecule has 0 radical (unpaired) electrons. The molecule has 0 unspecified atom stereocenters. The van der Waals surface area contributed by atoms with E-state index >= 15 is 0 Å². The van der Waals surface area contributed by atoms with Crippen molar-refractivity contribution in [3.63, 3.8) is 0 Å². The van der Waals surface area contributed by atoms with Crippen molar-refractivity contribution >= 4 is 27.5 Å². The minimum absolute atomic E-state index is 0.287. The Morgan fingerprint density at radius 2 is 2.29 bits per heavy atom. The van der Waals surface area contributed by atoms with Crippen molar-refractivity contribution in [2.45, 2.75) is 25.7 Å². The van der Waals surface area contributed by atoms with Crippen LogP contribution in [0, 0.1) is 5.92 Å². The average Bonchev–Trinajstić information content (AvgIpc) is 2.69.